The van der Waals surface area contributed by atoms with Gasteiger partial charge in [-0.15, -0.1) is 0 Å². The van der Waals surface area contributed by atoms with Crippen molar-refractivity contribution in [2.45, 2.75) is 155 Å². The molecule has 2 saturated heterocycles. The molecule has 2 aliphatic rings. The molecule has 2 rings (SSSR count). The fraction of sp³-hybridized carbons (Fsp3) is 1.00. The average Bonchev–Trinajstić information content (AvgIpc) is 2.88. The lowest BCUT2D eigenvalue weighted by Crippen LogP contribution is -2.59. The molecule has 8 atom stereocenters. The quantitative estimate of drug-likeness (QED) is 0.426. The Kier molecular flexibility index (Phi) is 9.17. The molecule has 33 heavy (non-hydrogen) atoms. The Hall–Kier alpha value is 0.194. The summed E-state index contributed by atoms with van der Waals surface area (Å²) in [6, 6.07) is 0. The van der Waals surface area contributed by atoms with Gasteiger partial charge in [-0.25, -0.2) is 0 Å². The van der Waals surface area contributed by atoms with Crippen LogP contribution in [-0.4, -0.2) is 64.8 Å². The molecular weight excluding hydrogens is 452 g/mol. The van der Waals surface area contributed by atoms with Gasteiger partial charge in [-0.05, 0) is 56.5 Å². The molecule has 6 nitrogen and oxygen atoms in total. The molecule has 0 aromatic rings. The van der Waals surface area contributed by atoms with Crippen LogP contribution in [0.4, 0.5) is 0 Å². The molecule has 0 aliphatic carbocycles. The summed E-state index contributed by atoms with van der Waals surface area (Å²) in [4.78, 5) is 0. The molecule has 2 heterocycles. The van der Waals surface area contributed by atoms with Crippen LogP contribution in [0.25, 0.3) is 0 Å². The lowest BCUT2D eigenvalue weighted by atomic mass is 9.96. The Bertz CT molecular complexity index is 642. The van der Waals surface area contributed by atoms with Crippen molar-refractivity contribution in [2.24, 2.45) is 5.92 Å². The predicted octanol–water partition coefficient (Wildman–Crippen LogP) is 6.05. The van der Waals surface area contributed by atoms with E-state index in [2.05, 4.69) is 81.6 Å². The number of hydrogen-bond acceptors (Lipinski definition) is 6. The van der Waals surface area contributed by atoms with Crippen LogP contribution in [0.15, 0.2) is 0 Å². The molecule has 8 heteroatoms. The van der Waals surface area contributed by atoms with Gasteiger partial charge in [-0.1, -0.05) is 48.5 Å². The smallest absolute Gasteiger partial charge is 0.192 e. The van der Waals surface area contributed by atoms with E-state index in [1.54, 1.807) is 0 Å². The Morgan fingerprint density at radius 1 is 0.818 bits per heavy atom. The van der Waals surface area contributed by atoms with Crippen LogP contribution in [0, 0.1) is 5.92 Å². The van der Waals surface area contributed by atoms with Crippen LogP contribution in [0.1, 0.15) is 75.2 Å². The zero-order valence-corrected chi connectivity index (χ0v) is 25.5. The first-order valence-corrected chi connectivity index (χ1v) is 18.6. The van der Waals surface area contributed by atoms with Gasteiger partial charge >= 0.3 is 0 Å². The Morgan fingerprint density at radius 2 is 1.33 bits per heavy atom. The topological polar surface area (TPSA) is 66.4 Å². The van der Waals surface area contributed by atoms with E-state index in [1.165, 1.54) is 0 Å². The van der Waals surface area contributed by atoms with Crippen molar-refractivity contribution >= 4 is 16.6 Å². The molecule has 0 amide bonds. The maximum atomic E-state index is 10.5. The summed E-state index contributed by atoms with van der Waals surface area (Å²) >= 11 is 0. The van der Waals surface area contributed by atoms with Crippen LogP contribution in [0.5, 0.6) is 0 Å². The second-order valence-corrected chi connectivity index (χ2v) is 22.7. The highest BCUT2D eigenvalue weighted by Crippen LogP contribution is 2.43. The Morgan fingerprint density at radius 3 is 1.82 bits per heavy atom. The van der Waals surface area contributed by atoms with E-state index in [-0.39, 0.29) is 40.4 Å². The standard InChI is InChI=1S/C25H52O6Si2/c1-14-18-16(2)28-23(26)22(18)29-20-15-19(30-32(10,11)24(4,5)6)21(17(3)27-20)31-33(12,13)25(7,8)9/h16-23,26H,14-15H2,1-13H3/t16-,17-,18-,19-,20-,21+,22+,23+/m0/s1. The number of ether oxygens (including phenoxy) is 3. The van der Waals surface area contributed by atoms with Crippen molar-refractivity contribution in [3.63, 3.8) is 0 Å². The minimum Gasteiger partial charge on any atom is -0.411 e. The maximum absolute atomic E-state index is 10.5. The average molecular weight is 505 g/mol. The summed E-state index contributed by atoms with van der Waals surface area (Å²) in [7, 11) is -4.09. The van der Waals surface area contributed by atoms with Gasteiger partial charge < -0.3 is 28.2 Å². The van der Waals surface area contributed by atoms with Gasteiger partial charge in [-0.3, -0.25) is 0 Å². The highest BCUT2D eigenvalue weighted by Gasteiger charge is 2.50. The third-order valence-corrected chi connectivity index (χ3v) is 17.5. The first-order valence-electron chi connectivity index (χ1n) is 12.8. The van der Waals surface area contributed by atoms with Crippen molar-refractivity contribution in [3.8, 4) is 0 Å². The van der Waals surface area contributed by atoms with E-state index in [4.69, 9.17) is 23.1 Å². The summed E-state index contributed by atoms with van der Waals surface area (Å²) in [5.74, 6) is 0.139. The van der Waals surface area contributed by atoms with Gasteiger partial charge in [0.1, 0.15) is 6.10 Å². The fourth-order valence-electron chi connectivity index (χ4n) is 4.23. The van der Waals surface area contributed by atoms with E-state index in [0.717, 1.165) is 6.42 Å². The molecular formula is C25H52O6Si2. The van der Waals surface area contributed by atoms with Gasteiger partial charge in [0.15, 0.2) is 29.2 Å². The summed E-state index contributed by atoms with van der Waals surface area (Å²) in [6.45, 7) is 28.9. The number of rotatable bonds is 7. The molecule has 0 aromatic heterocycles. The molecule has 0 spiro atoms. The fourth-order valence-corrected chi connectivity index (χ4v) is 6.95. The first-order chi connectivity index (χ1) is 14.8. The van der Waals surface area contributed by atoms with E-state index in [1.807, 2.05) is 6.92 Å². The molecule has 0 unspecified atom stereocenters. The highest BCUT2D eigenvalue weighted by molar-refractivity contribution is 6.74. The Labute approximate surface area is 205 Å². The zero-order valence-electron chi connectivity index (χ0n) is 23.5. The molecule has 1 N–H and O–H groups in total. The molecule has 196 valence electrons. The zero-order chi connectivity index (χ0) is 25.6. The number of hydrogen-bond donors (Lipinski definition) is 1. The van der Waals surface area contributed by atoms with Gasteiger partial charge in [0.05, 0.1) is 24.4 Å². The lowest BCUT2D eigenvalue weighted by Gasteiger charge is -2.50. The van der Waals surface area contributed by atoms with Gasteiger partial charge in [0.2, 0.25) is 0 Å². The summed E-state index contributed by atoms with van der Waals surface area (Å²) in [5, 5.41) is 10.6. The second kappa shape index (κ2) is 10.3. The van der Waals surface area contributed by atoms with E-state index < -0.39 is 35.3 Å². The minimum absolute atomic E-state index is 0.0371. The van der Waals surface area contributed by atoms with Crippen molar-refractivity contribution in [3.05, 3.63) is 0 Å². The van der Waals surface area contributed by atoms with Gasteiger partial charge in [0.25, 0.3) is 0 Å². The molecule has 0 radical (unpaired) electrons. The third-order valence-electron chi connectivity index (χ3n) is 8.55. The van der Waals surface area contributed by atoms with Crippen LogP contribution < -0.4 is 0 Å². The summed E-state index contributed by atoms with van der Waals surface area (Å²) in [5.41, 5.74) is 0. The molecule has 2 aliphatic heterocycles. The molecule has 0 saturated carbocycles. The van der Waals surface area contributed by atoms with Crippen LogP contribution in [-0.2, 0) is 23.1 Å². The second-order valence-electron chi connectivity index (χ2n) is 13.2. The Balaban J connectivity index is 2.28. The third kappa shape index (κ3) is 6.70. The first kappa shape index (κ1) is 29.4. The lowest BCUT2D eigenvalue weighted by molar-refractivity contribution is -0.274. The van der Waals surface area contributed by atoms with Crippen LogP contribution in [0.2, 0.25) is 36.3 Å². The minimum atomic E-state index is -2.05. The predicted molar refractivity (Wildman–Crippen MR) is 138 cm³/mol. The van der Waals surface area contributed by atoms with E-state index in [9.17, 15) is 5.11 Å². The van der Waals surface area contributed by atoms with Gasteiger partial charge in [0, 0.05) is 12.3 Å². The van der Waals surface area contributed by atoms with Crippen LogP contribution >= 0.6 is 0 Å². The maximum Gasteiger partial charge on any atom is 0.192 e. The highest BCUT2D eigenvalue weighted by atomic mass is 28.4. The van der Waals surface area contributed by atoms with E-state index >= 15 is 0 Å². The largest absolute Gasteiger partial charge is 0.411 e. The molecule has 2 fully saturated rings. The number of aliphatic hydroxyl groups is 1. The number of aliphatic hydroxyl groups excluding tert-OH is 1. The monoisotopic (exact) mass is 504 g/mol. The van der Waals surface area contributed by atoms with Gasteiger partial charge in [-0.2, -0.15) is 0 Å². The van der Waals surface area contributed by atoms with Crippen molar-refractivity contribution < 1.29 is 28.2 Å². The van der Waals surface area contributed by atoms with E-state index in [0.29, 0.717) is 6.42 Å². The normalized spacial score (nSPS) is 36.9. The molecule has 0 aromatic carbocycles. The summed E-state index contributed by atoms with van der Waals surface area (Å²) in [6.07, 6.45) is -0.795. The SMILES string of the molecule is CC[C@@H]1[C@@H](O[C@H]2C[C@H](O[Si](C)(C)C(C)(C)C)[C@H](O[Si](C)(C)C(C)(C)C)[C@H](C)O2)[C@H](O)O[C@H]1C. The van der Waals surface area contributed by atoms with Crippen molar-refractivity contribution in [1.29, 1.82) is 0 Å². The summed E-state index contributed by atoms with van der Waals surface area (Å²) < 4.78 is 32.3. The molecule has 0 bridgehead atoms. The van der Waals surface area contributed by atoms with Crippen LogP contribution in [0.3, 0.4) is 0 Å². The van der Waals surface area contributed by atoms with Crippen molar-refractivity contribution in [1.82, 2.24) is 0 Å². The van der Waals surface area contributed by atoms with Crippen molar-refractivity contribution in [2.75, 3.05) is 0 Å².